The van der Waals surface area contributed by atoms with Gasteiger partial charge in [0.2, 0.25) is 0 Å². The van der Waals surface area contributed by atoms with E-state index in [1.807, 2.05) is 43.3 Å². The van der Waals surface area contributed by atoms with Crippen LogP contribution in [0, 0.1) is 13.8 Å². The van der Waals surface area contributed by atoms with E-state index in [-0.39, 0.29) is 5.78 Å². The highest BCUT2D eigenvalue weighted by Crippen LogP contribution is 2.26. The zero-order valence-electron chi connectivity index (χ0n) is 20.1. The maximum absolute atomic E-state index is 13.1. The van der Waals surface area contributed by atoms with Crippen LogP contribution in [0.4, 0.5) is 5.69 Å². The van der Waals surface area contributed by atoms with Gasteiger partial charge in [0.25, 0.3) is 0 Å². The van der Waals surface area contributed by atoms with Gasteiger partial charge >= 0.3 is 0 Å². The smallest absolute Gasteiger partial charge is 0.183 e. The van der Waals surface area contributed by atoms with Gasteiger partial charge in [0.05, 0.1) is 5.69 Å². The Morgan fingerprint density at radius 2 is 1.83 bits per heavy atom. The zero-order valence-corrected chi connectivity index (χ0v) is 20.9. The van der Waals surface area contributed by atoms with E-state index in [0.717, 1.165) is 66.5 Å². The van der Waals surface area contributed by atoms with Gasteiger partial charge in [-0.2, -0.15) is 4.68 Å². The van der Waals surface area contributed by atoms with Gasteiger partial charge in [-0.15, -0.1) is 5.10 Å². The van der Waals surface area contributed by atoms with Gasteiger partial charge in [-0.1, -0.05) is 35.0 Å². The summed E-state index contributed by atoms with van der Waals surface area (Å²) in [5.41, 5.74) is 6.37. The van der Waals surface area contributed by atoms with Gasteiger partial charge in [0.1, 0.15) is 5.52 Å². The molecule has 4 aromatic rings. The average molecular weight is 489 g/mol. The Hall–Kier alpha value is -3.29. The van der Waals surface area contributed by atoms with Crippen LogP contribution in [-0.4, -0.2) is 63.4 Å². The molecular formula is C27H29ClN6O. The number of aromatic nitrogens is 4. The molecule has 0 saturated carbocycles. The normalized spacial score (nSPS) is 14.5. The van der Waals surface area contributed by atoms with Crippen LogP contribution >= 0.6 is 11.6 Å². The number of benzene rings is 2. The molecule has 1 aliphatic heterocycles. The summed E-state index contributed by atoms with van der Waals surface area (Å²) in [7, 11) is 0. The van der Waals surface area contributed by atoms with Gasteiger partial charge in [-0.05, 0) is 68.3 Å². The molecule has 5 rings (SSSR count). The summed E-state index contributed by atoms with van der Waals surface area (Å²) in [6, 6.07) is 15.6. The first-order valence-electron chi connectivity index (χ1n) is 12.0. The molecular weight excluding hydrogens is 460 g/mol. The number of Topliss-reactive ketones (excluding diaryl/α,β-unsaturated/α-hetero) is 1. The van der Waals surface area contributed by atoms with Crippen molar-refractivity contribution in [3.8, 4) is 5.69 Å². The van der Waals surface area contributed by atoms with Crippen molar-refractivity contribution in [1.29, 1.82) is 0 Å². The first-order chi connectivity index (χ1) is 17.0. The lowest BCUT2D eigenvalue weighted by atomic mass is 10.00. The maximum atomic E-state index is 13.1. The number of anilines is 1. The van der Waals surface area contributed by atoms with Gasteiger partial charge < -0.3 is 4.90 Å². The number of ketones is 1. The van der Waals surface area contributed by atoms with Crippen LogP contribution in [0.2, 0.25) is 5.02 Å². The van der Waals surface area contributed by atoms with E-state index in [4.69, 9.17) is 11.6 Å². The molecule has 1 aliphatic rings. The highest BCUT2D eigenvalue weighted by Gasteiger charge is 2.20. The van der Waals surface area contributed by atoms with E-state index in [0.29, 0.717) is 12.1 Å². The number of fused-ring (bicyclic) bond motifs is 1. The number of aryl methyl sites for hydroxylation is 1. The molecule has 0 aliphatic carbocycles. The molecule has 0 unspecified atom stereocenters. The highest BCUT2D eigenvalue weighted by atomic mass is 35.5. The maximum Gasteiger partial charge on any atom is 0.183 e. The quantitative estimate of drug-likeness (QED) is 0.346. The lowest BCUT2D eigenvalue weighted by molar-refractivity contribution is 0.0973. The number of carbonyl (C=O) groups excluding carboxylic acids is 1. The van der Waals surface area contributed by atoms with Crippen molar-refractivity contribution >= 4 is 34.2 Å². The zero-order chi connectivity index (χ0) is 24.4. The molecule has 1 saturated heterocycles. The fourth-order valence-corrected chi connectivity index (χ4v) is 4.98. The molecule has 0 spiro atoms. The highest BCUT2D eigenvalue weighted by molar-refractivity contribution is 6.30. The molecule has 0 amide bonds. The summed E-state index contributed by atoms with van der Waals surface area (Å²) in [6.45, 7) is 8.93. The van der Waals surface area contributed by atoms with Gasteiger partial charge in [0.15, 0.2) is 11.4 Å². The molecule has 0 N–H and O–H groups in total. The minimum atomic E-state index is 0.162. The number of rotatable bonds is 7. The number of hydrogen-bond donors (Lipinski definition) is 0. The lowest BCUT2D eigenvalue weighted by Gasteiger charge is -2.36. The third-order valence-corrected chi connectivity index (χ3v) is 7.04. The van der Waals surface area contributed by atoms with Crippen LogP contribution in [0.3, 0.4) is 0 Å². The molecule has 2 aromatic heterocycles. The molecule has 0 atom stereocenters. The van der Waals surface area contributed by atoms with Crippen molar-refractivity contribution in [3.05, 3.63) is 76.4 Å². The Morgan fingerprint density at radius 3 is 2.66 bits per heavy atom. The third-order valence-electron chi connectivity index (χ3n) is 6.80. The van der Waals surface area contributed by atoms with E-state index in [2.05, 4.69) is 44.2 Å². The first kappa shape index (κ1) is 23.5. The summed E-state index contributed by atoms with van der Waals surface area (Å²) < 4.78 is 1.71. The van der Waals surface area contributed by atoms with Crippen molar-refractivity contribution < 1.29 is 4.79 Å². The van der Waals surface area contributed by atoms with E-state index in [1.54, 1.807) is 10.9 Å². The largest absolute Gasteiger partial charge is 0.369 e. The standard InChI is InChI=1S/C27H29ClN6O/c1-19-10-11-21(28)18-25(19)33-16-14-32(15-17-33)13-5-9-26(35)22-6-3-8-24(20(22)2)34-27-23(30-31-34)7-4-12-29-27/h3-4,6-8,10-12,18H,5,9,13-17H2,1-2H3. The second kappa shape index (κ2) is 10.1. The summed E-state index contributed by atoms with van der Waals surface area (Å²) in [5.74, 6) is 0.162. The number of nitrogens with zero attached hydrogens (tertiary/aromatic N) is 6. The summed E-state index contributed by atoms with van der Waals surface area (Å²) in [5, 5.41) is 9.24. The fraction of sp³-hybridized carbons (Fsp3) is 0.333. The number of pyridine rings is 1. The summed E-state index contributed by atoms with van der Waals surface area (Å²) >= 11 is 6.21. The molecule has 2 aromatic carbocycles. The lowest BCUT2D eigenvalue weighted by Crippen LogP contribution is -2.46. The second-order valence-corrected chi connectivity index (χ2v) is 9.52. The van der Waals surface area contributed by atoms with Gasteiger partial charge in [0, 0.05) is 55.1 Å². The predicted molar refractivity (Wildman–Crippen MR) is 140 cm³/mol. The van der Waals surface area contributed by atoms with Gasteiger partial charge in [-0.25, -0.2) is 4.98 Å². The molecule has 3 heterocycles. The summed E-state index contributed by atoms with van der Waals surface area (Å²) in [6.07, 6.45) is 3.09. The number of piperazine rings is 1. The fourth-order valence-electron chi connectivity index (χ4n) is 4.82. The number of halogens is 1. The van der Waals surface area contributed by atoms with Crippen LogP contribution in [0.1, 0.15) is 34.3 Å². The molecule has 180 valence electrons. The predicted octanol–water partition coefficient (Wildman–Crippen LogP) is 4.87. The van der Waals surface area contributed by atoms with Crippen molar-refractivity contribution in [2.24, 2.45) is 0 Å². The van der Waals surface area contributed by atoms with E-state index < -0.39 is 0 Å². The van der Waals surface area contributed by atoms with Crippen molar-refractivity contribution in [3.63, 3.8) is 0 Å². The van der Waals surface area contributed by atoms with Gasteiger partial charge in [-0.3, -0.25) is 9.69 Å². The third kappa shape index (κ3) is 4.92. The SMILES string of the molecule is Cc1ccc(Cl)cc1N1CCN(CCCC(=O)c2cccc(-n3nnc4cccnc43)c2C)CC1. The Kier molecular flexibility index (Phi) is 6.79. The Morgan fingerprint density at radius 1 is 1.00 bits per heavy atom. The van der Waals surface area contributed by atoms with Crippen LogP contribution in [0.5, 0.6) is 0 Å². The Balaban J connectivity index is 1.18. The van der Waals surface area contributed by atoms with Crippen LogP contribution in [-0.2, 0) is 0 Å². The second-order valence-electron chi connectivity index (χ2n) is 9.08. The molecule has 35 heavy (non-hydrogen) atoms. The van der Waals surface area contributed by atoms with Crippen molar-refractivity contribution in [2.45, 2.75) is 26.7 Å². The molecule has 0 radical (unpaired) electrons. The van der Waals surface area contributed by atoms with Crippen LogP contribution in [0.15, 0.2) is 54.7 Å². The number of hydrogen-bond acceptors (Lipinski definition) is 6. The topological polar surface area (TPSA) is 67.2 Å². The van der Waals surface area contributed by atoms with E-state index >= 15 is 0 Å². The van der Waals surface area contributed by atoms with Crippen LogP contribution < -0.4 is 4.90 Å². The monoisotopic (exact) mass is 488 g/mol. The Labute approximate surface area is 210 Å². The molecule has 8 heteroatoms. The van der Waals surface area contributed by atoms with Crippen molar-refractivity contribution in [1.82, 2.24) is 24.9 Å². The minimum Gasteiger partial charge on any atom is -0.369 e. The minimum absolute atomic E-state index is 0.162. The van der Waals surface area contributed by atoms with Crippen molar-refractivity contribution in [2.75, 3.05) is 37.6 Å². The average Bonchev–Trinajstić information content (AvgIpc) is 3.30. The molecule has 1 fully saturated rings. The van der Waals surface area contributed by atoms with Crippen LogP contribution in [0.25, 0.3) is 16.9 Å². The van der Waals surface area contributed by atoms with E-state index in [9.17, 15) is 4.79 Å². The first-order valence-corrected chi connectivity index (χ1v) is 12.4. The Bertz CT molecular complexity index is 1360. The summed E-state index contributed by atoms with van der Waals surface area (Å²) in [4.78, 5) is 22.4. The molecule has 7 nitrogen and oxygen atoms in total. The van der Waals surface area contributed by atoms with E-state index in [1.165, 1.54) is 11.3 Å². The number of carbonyl (C=O) groups is 1. The molecule has 0 bridgehead atoms.